The molecule has 158 valence electrons. The molecular formula is C21H27N7O2. The van der Waals surface area contributed by atoms with Gasteiger partial charge in [0, 0.05) is 44.4 Å². The Hall–Kier alpha value is -3.23. The fraction of sp³-hybridized carbons (Fsp3) is 0.476. The maximum Gasteiger partial charge on any atom is 0.280 e. The van der Waals surface area contributed by atoms with Gasteiger partial charge in [0.15, 0.2) is 11.5 Å². The zero-order valence-corrected chi connectivity index (χ0v) is 17.8. The first-order chi connectivity index (χ1) is 14.4. The van der Waals surface area contributed by atoms with Gasteiger partial charge in [-0.05, 0) is 31.0 Å². The van der Waals surface area contributed by atoms with E-state index in [1.54, 1.807) is 0 Å². The number of hydrogen-bond acceptors (Lipinski definition) is 7. The van der Waals surface area contributed by atoms with E-state index < -0.39 is 0 Å². The molecule has 2 aromatic heterocycles. The molecule has 0 bridgehead atoms. The van der Waals surface area contributed by atoms with Crippen LogP contribution in [0.25, 0.3) is 11.6 Å². The largest absolute Gasteiger partial charge is 0.378 e. The number of anilines is 1. The molecule has 3 heterocycles. The summed E-state index contributed by atoms with van der Waals surface area (Å²) in [6.07, 6.45) is 3.67. The van der Waals surface area contributed by atoms with Crippen LogP contribution >= 0.6 is 0 Å². The molecule has 1 amide bonds. The molecule has 0 spiro atoms. The Bertz CT molecular complexity index is 1020. The average Bonchev–Trinajstić information content (AvgIpc) is 3.43. The molecule has 9 nitrogen and oxygen atoms in total. The van der Waals surface area contributed by atoms with E-state index in [1.165, 1.54) is 0 Å². The van der Waals surface area contributed by atoms with Crippen LogP contribution in [-0.4, -0.2) is 63.1 Å². The monoisotopic (exact) mass is 409 g/mol. The minimum absolute atomic E-state index is 0.0437. The van der Waals surface area contributed by atoms with Crippen LogP contribution in [0.3, 0.4) is 0 Å². The summed E-state index contributed by atoms with van der Waals surface area (Å²) in [7, 11) is 3.94. The lowest BCUT2D eigenvalue weighted by atomic mass is 10.0. The van der Waals surface area contributed by atoms with Crippen LogP contribution in [0.2, 0.25) is 0 Å². The maximum atomic E-state index is 13.1. The van der Waals surface area contributed by atoms with Gasteiger partial charge in [0.05, 0.1) is 12.2 Å². The molecule has 3 aromatic rings. The Kier molecular flexibility index (Phi) is 5.52. The SMILES string of the molecule is CC(C)c1noc(-c2cn(C3CCCN(C(=O)c4cccc(N(C)C)c4)C3)nn2)n1. The molecule has 1 aliphatic heterocycles. The van der Waals surface area contributed by atoms with Crippen LogP contribution in [0, 0.1) is 0 Å². The number of aromatic nitrogens is 5. The van der Waals surface area contributed by atoms with Crippen LogP contribution in [-0.2, 0) is 0 Å². The van der Waals surface area contributed by atoms with Crippen molar-refractivity contribution in [2.24, 2.45) is 0 Å². The molecule has 0 N–H and O–H groups in total. The Labute approximate surface area is 175 Å². The van der Waals surface area contributed by atoms with Gasteiger partial charge < -0.3 is 14.3 Å². The van der Waals surface area contributed by atoms with Gasteiger partial charge >= 0.3 is 0 Å². The number of amides is 1. The van der Waals surface area contributed by atoms with Crippen LogP contribution in [0.1, 0.15) is 54.8 Å². The summed E-state index contributed by atoms with van der Waals surface area (Å²) in [5, 5.41) is 12.5. The van der Waals surface area contributed by atoms with E-state index in [2.05, 4.69) is 20.5 Å². The van der Waals surface area contributed by atoms with Crippen molar-refractivity contribution < 1.29 is 9.32 Å². The highest BCUT2D eigenvalue weighted by atomic mass is 16.5. The predicted octanol–water partition coefficient (Wildman–Crippen LogP) is 2.99. The van der Waals surface area contributed by atoms with Gasteiger partial charge in [-0.1, -0.05) is 30.3 Å². The average molecular weight is 409 g/mol. The van der Waals surface area contributed by atoms with Gasteiger partial charge in [-0.15, -0.1) is 5.10 Å². The zero-order chi connectivity index (χ0) is 21.3. The zero-order valence-electron chi connectivity index (χ0n) is 17.8. The van der Waals surface area contributed by atoms with Crippen LogP contribution < -0.4 is 4.90 Å². The molecule has 1 saturated heterocycles. The molecule has 1 atom stereocenters. The lowest BCUT2D eigenvalue weighted by molar-refractivity contribution is 0.0672. The van der Waals surface area contributed by atoms with Crippen molar-refractivity contribution in [3.63, 3.8) is 0 Å². The van der Waals surface area contributed by atoms with E-state index in [0.717, 1.165) is 25.1 Å². The van der Waals surface area contributed by atoms with Crippen molar-refractivity contribution in [1.82, 2.24) is 30.0 Å². The quantitative estimate of drug-likeness (QED) is 0.639. The second-order valence-corrected chi connectivity index (χ2v) is 8.19. The van der Waals surface area contributed by atoms with E-state index in [9.17, 15) is 4.79 Å². The molecule has 1 aliphatic rings. The summed E-state index contributed by atoms with van der Waals surface area (Å²) in [5.41, 5.74) is 2.26. The fourth-order valence-corrected chi connectivity index (χ4v) is 3.58. The number of piperidine rings is 1. The lowest BCUT2D eigenvalue weighted by Gasteiger charge is -2.32. The van der Waals surface area contributed by atoms with Crippen LogP contribution in [0.4, 0.5) is 5.69 Å². The summed E-state index contributed by atoms with van der Waals surface area (Å²) in [6, 6.07) is 7.78. The van der Waals surface area contributed by atoms with Gasteiger partial charge in [0.2, 0.25) is 0 Å². The fourth-order valence-electron chi connectivity index (χ4n) is 3.58. The van der Waals surface area contributed by atoms with Crippen molar-refractivity contribution in [1.29, 1.82) is 0 Å². The first-order valence-corrected chi connectivity index (χ1v) is 10.2. The summed E-state index contributed by atoms with van der Waals surface area (Å²) in [4.78, 5) is 21.3. The number of likely N-dealkylation sites (tertiary alicyclic amines) is 1. The summed E-state index contributed by atoms with van der Waals surface area (Å²) in [6.45, 7) is 5.35. The maximum absolute atomic E-state index is 13.1. The van der Waals surface area contributed by atoms with Crippen molar-refractivity contribution in [2.45, 2.75) is 38.6 Å². The molecular weight excluding hydrogens is 382 g/mol. The molecule has 30 heavy (non-hydrogen) atoms. The number of benzene rings is 1. The van der Waals surface area contributed by atoms with E-state index in [4.69, 9.17) is 4.52 Å². The normalized spacial score (nSPS) is 16.8. The summed E-state index contributed by atoms with van der Waals surface area (Å²) < 4.78 is 7.12. The summed E-state index contributed by atoms with van der Waals surface area (Å²) >= 11 is 0. The molecule has 0 saturated carbocycles. The van der Waals surface area contributed by atoms with Crippen LogP contribution in [0.15, 0.2) is 35.0 Å². The molecule has 4 rings (SSSR count). The molecule has 0 radical (unpaired) electrons. The Morgan fingerprint density at radius 1 is 1.30 bits per heavy atom. The Morgan fingerprint density at radius 3 is 2.87 bits per heavy atom. The number of hydrogen-bond donors (Lipinski definition) is 0. The first-order valence-electron chi connectivity index (χ1n) is 10.2. The highest BCUT2D eigenvalue weighted by Crippen LogP contribution is 2.25. The standard InChI is InChI=1S/C21H27N7O2/c1-14(2)19-22-20(30-24-19)18-13-28(25-23-18)17-9-6-10-27(12-17)21(29)15-7-5-8-16(11-15)26(3)4/h5,7-8,11,13-14,17H,6,9-10,12H2,1-4H3. The van der Waals surface area contributed by atoms with Gasteiger partial charge in [-0.3, -0.25) is 4.79 Å². The number of nitrogens with zero attached hydrogens (tertiary/aromatic N) is 7. The van der Waals surface area contributed by atoms with Crippen molar-refractivity contribution >= 4 is 11.6 Å². The molecule has 1 aromatic carbocycles. The van der Waals surface area contributed by atoms with E-state index in [-0.39, 0.29) is 17.9 Å². The third-order valence-corrected chi connectivity index (χ3v) is 5.35. The van der Waals surface area contributed by atoms with Crippen molar-refractivity contribution in [3.05, 3.63) is 41.9 Å². The Balaban J connectivity index is 1.48. The minimum atomic E-state index is 0.0437. The number of rotatable bonds is 5. The van der Waals surface area contributed by atoms with Gasteiger partial charge in [-0.2, -0.15) is 4.98 Å². The van der Waals surface area contributed by atoms with E-state index >= 15 is 0 Å². The first kappa shape index (κ1) is 20.1. The minimum Gasteiger partial charge on any atom is -0.378 e. The third-order valence-electron chi connectivity index (χ3n) is 5.35. The van der Waals surface area contributed by atoms with E-state index in [0.29, 0.717) is 29.5 Å². The second kappa shape index (κ2) is 8.25. The molecule has 1 unspecified atom stereocenters. The van der Waals surface area contributed by atoms with Gasteiger partial charge in [-0.25, -0.2) is 4.68 Å². The molecule has 1 fully saturated rings. The number of carbonyl (C=O) groups excluding carboxylic acids is 1. The molecule has 0 aliphatic carbocycles. The van der Waals surface area contributed by atoms with E-state index in [1.807, 2.05) is 72.9 Å². The van der Waals surface area contributed by atoms with Gasteiger partial charge in [0.1, 0.15) is 0 Å². The summed E-state index contributed by atoms with van der Waals surface area (Å²) in [5.74, 6) is 1.24. The highest BCUT2D eigenvalue weighted by molar-refractivity contribution is 5.95. The Morgan fingerprint density at radius 2 is 2.13 bits per heavy atom. The second-order valence-electron chi connectivity index (χ2n) is 8.19. The lowest BCUT2D eigenvalue weighted by Crippen LogP contribution is -2.40. The van der Waals surface area contributed by atoms with Crippen molar-refractivity contribution in [3.8, 4) is 11.6 Å². The molecule has 9 heteroatoms. The predicted molar refractivity (Wildman–Crippen MR) is 112 cm³/mol. The van der Waals surface area contributed by atoms with Crippen LogP contribution in [0.5, 0.6) is 0 Å². The van der Waals surface area contributed by atoms with Gasteiger partial charge in [0.25, 0.3) is 11.8 Å². The van der Waals surface area contributed by atoms with Crippen molar-refractivity contribution in [2.75, 3.05) is 32.1 Å². The topological polar surface area (TPSA) is 93.2 Å². The third kappa shape index (κ3) is 4.05. The smallest absolute Gasteiger partial charge is 0.280 e. The highest BCUT2D eigenvalue weighted by Gasteiger charge is 2.27. The number of carbonyl (C=O) groups is 1.